The Bertz CT molecular complexity index is 680. The Balaban J connectivity index is 1.69. The lowest BCUT2D eigenvalue weighted by Gasteiger charge is -2.18. The zero-order chi connectivity index (χ0) is 15.7. The maximum atomic E-state index is 13.0. The summed E-state index contributed by atoms with van der Waals surface area (Å²) in [6.07, 6.45) is 1.33. The molecule has 0 saturated heterocycles. The molecule has 1 aliphatic carbocycles. The highest BCUT2D eigenvalue weighted by atomic mass is 19.1. The van der Waals surface area contributed by atoms with Crippen LogP contribution in [0.4, 0.5) is 4.39 Å². The van der Waals surface area contributed by atoms with Gasteiger partial charge >= 0.3 is 0 Å². The van der Waals surface area contributed by atoms with Gasteiger partial charge in [0.15, 0.2) is 0 Å². The van der Waals surface area contributed by atoms with Crippen molar-refractivity contribution in [3.8, 4) is 0 Å². The van der Waals surface area contributed by atoms with Gasteiger partial charge in [0.1, 0.15) is 11.6 Å². The van der Waals surface area contributed by atoms with Gasteiger partial charge in [-0.2, -0.15) is 0 Å². The second kappa shape index (κ2) is 6.01. The first-order valence-electron chi connectivity index (χ1n) is 7.68. The van der Waals surface area contributed by atoms with E-state index in [2.05, 4.69) is 6.07 Å². The van der Waals surface area contributed by atoms with Crippen LogP contribution in [0.15, 0.2) is 48.5 Å². The molecule has 2 N–H and O–H groups in total. The third kappa shape index (κ3) is 2.81. The van der Waals surface area contributed by atoms with Crippen LogP contribution in [-0.4, -0.2) is 5.78 Å². The fourth-order valence-corrected chi connectivity index (χ4v) is 3.28. The number of halogens is 1. The molecule has 0 bridgehead atoms. The van der Waals surface area contributed by atoms with Crippen LogP contribution in [0.5, 0.6) is 0 Å². The first-order chi connectivity index (χ1) is 10.6. The Morgan fingerprint density at radius 3 is 2.59 bits per heavy atom. The van der Waals surface area contributed by atoms with Gasteiger partial charge in [-0.25, -0.2) is 4.39 Å². The van der Waals surface area contributed by atoms with Crippen molar-refractivity contribution in [3.05, 3.63) is 71.0 Å². The van der Waals surface area contributed by atoms with Crippen LogP contribution in [-0.2, 0) is 11.2 Å². The van der Waals surface area contributed by atoms with Gasteiger partial charge in [-0.15, -0.1) is 0 Å². The van der Waals surface area contributed by atoms with E-state index < -0.39 is 0 Å². The highest BCUT2D eigenvalue weighted by Crippen LogP contribution is 2.37. The van der Waals surface area contributed by atoms with Gasteiger partial charge in [0.2, 0.25) is 0 Å². The van der Waals surface area contributed by atoms with Crippen molar-refractivity contribution in [2.75, 3.05) is 0 Å². The minimum Gasteiger partial charge on any atom is -0.324 e. The van der Waals surface area contributed by atoms with Crippen molar-refractivity contribution in [1.82, 2.24) is 0 Å². The van der Waals surface area contributed by atoms with E-state index in [-0.39, 0.29) is 29.5 Å². The van der Waals surface area contributed by atoms with Crippen molar-refractivity contribution in [2.45, 2.75) is 31.7 Å². The summed E-state index contributed by atoms with van der Waals surface area (Å²) >= 11 is 0. The van der Waals surface area contributed by atoms with E-state index in [4.69, 9.17) is 5.73 Å². The highest BCUT2D eigenvalue weighted by molar-refractivity contribution is 5.85. The summed E-state index contributed by atoms with van der Waals surface area (Å²) < 4.78 is 13.0. The van der Waals surface area contributed by atoms with Crippen molar-refractivity contribution < 1.29 is 9.18 Å². The quantitative estimate of drug-likeness (QED) is 0.933. The van der Waals surface area contributed by atoms with Crippen LogP contribution >= 0.6 is 0 Å². The molecule has 2 aromatic carbocycles. The SMILES string of the molecule is C[C@H](C(=O)C[C@H]1Cc2ccccc2[C@@H]1N)c1ccc(F)cc1. The minimum atomic E-state index is -0.281. The summed E-state index contributed by atoms with van der Waals surface area (Å²) in [5, 5.41) is 0. The molecule has 3 heteroatoms. The van der Waals surface area contributed by atoms with E-state index in [1.54, 1.807) is 12.1 Å². The van der Waals surface area contributed by atoms with Gasteiger partial charge in [-0.1, -0.05) is 43.3 Å². The van der Waals surface area contributed by atoms with Crippen LogP contribution < -0.4 is 5.73 Å². The van der Waals surface area contributed by atoms with Crippen molar-refractivity contribution >= 4 is 5.78 Å². The highest BCUT2D eigenvalue weighted by Gasteiger charge is 2.32. The molecule has 3 atom stereocenters. The average molecular weight is 297 g/mol. The molecule has 2 nitrogen and oxygen atoms in total. The summed E-state index contributed by atoms with van der Waals surface area (Å²) in [4.78, 5) is 12.5. The summed E-state index contributed by atoms with van der Waals surface area (Å²) in [5.74, 6) is -0.180. The molecule has 22 heavy (non-hydrogen) atoms. The third-order valence-corrected chi connectivity index (χ3v) is 4.72. The van der Waals surface area contributed by atoms with Crippen molar-refractivity contribution in [3.63, 3.8) is 0 Å². The number of Topliss-reactive ketones (excluding diaryl/α,β-unsaturated/α-hetero) is 1. The number of carbonyl (C=O) groups is 1. The Hall–Kier alpha value is -2.00. The van der Waals surface area contributed by atoms with Crippen LogP contribution in [0.1, 0.15) is 42.0 Å². The van der Waals surface area contributed by atoms with Crippen LogP contribution in [0.3, 0.4) is 0 Å². The number of hydrogen-bond acceptors (Lipinski definition) is 2. The summed E-state index contributed by atoms with van der Waals surface area (Å²) in [6, 6.07) is 14.2. The van der Waals surface area contributed by atoms with E-state index >= 15 is 0 Å². The fourth-order valence-electron chi connectivity index (χ4n) is 3.28. The maximum Gasteiger partial charge on any atom is 0.140 e. The smallest absolute Gasteiger partial charge is 0.140 e. The lowest BCUT2D eigenvalue weighted by molar-refractivity contribution is -0.121. The molecule has 1 aliphatic rings. The number of carbonyl (C=O) groups excluding carboxylic acids is 1. The number of nitrogens with two attached hydrogens (primary N) is 1. The molecule has 2 aromatic rings. The Morgan fingerprint density at radius 2 is 1.91 bits per heavy atom. The number of fused-ring (bicyclic) bond motifs is 1. The Labute approximate surface area is 130 Å². The first-order valence-corrected chi connectivity index (χ1v) is 7.68. The average Bonchev–Trinajstić information content (AvgIpc) is 2.84. The molecule has 0 heterocycles. The van der Waals surface area contributed by atoms with Gasteiger partial charge in [-0.05, 0) is 41.2 Å². The van der Waals surface area contributed by atoms with Gasteiger partial charge in [0.05, 0.1) is 0 Å². The predicted octanol–water partition coefficient (Wildman–Crippen LogP) is 3.76. The van der Waals surface area contributed by atoms with E-state index in [9.17, 15) is 9.18 Å². The van der Waals surface area contributed by atoms with Gasteiger partial charge in [0, 0.05) is 18.4 Å². The lowest BCUT2D eigenvalue weighted by atomic mass is 9.88. The van der Waals surface area contributed by atoms with Gasteiger partial charge in [-0.3, -0.25) is 4.79 Å². The minimum absolute atomic E-state index is 0.0689. The summed E-state index contributed by atoms with van der Waals surface area (Å²) in [5.41, 5.74) is 9.57. The molecule has 0 aliphatic heterocycles. The molecule has 0 radical (unpaired) electrons. The van der Waals surface area contributed by atoms with E-state index in [1.165, 1.54) is 17.7 Å². The van der Waals surface area contributed by atoms with Crippen molar-refractivity contribution in [2.24, 2.45) is 11.7 Å². The van der Waals surface area contributed by atoms with Crippen LogP contribution in [0, 0.1) is 11.7 Å². The molecule has 0 fully saturated rings. The maximum absolute atomic E-state index is 13.0. The predicted molar refractivity (Wildman–Crippen MR) is 85.0 cm³/mol. The second-order valence-electron chi connectivity index (χ2n) is 6.13. The topological polar surface area (TPSA) is 43.1 Å². The molecular formula is C19H20FNO. The largest absolute Gasteiger partial charge is 0.324 e. The molecule has 114 valence electrons. The monoisotopic (exact) mass is 297 g/mol. The second-order valence-corrected chi connectivity index (χ2v) is 6.13. The van der Waals surface area contributed by atoms with Crippen LogP contribution in [0.2, 0.25) is 0 Å². The molecule has 0 unspecified atom stereocenters. The molecule has 0 amide bonds. The lowest BCUT2D eigenvalue weighted by Crippen LogP contribution is -2.22. The zero-order valence-corrected chi connectivity index (χ0v) is 12.6. The first kappa shape index (κ1) is 14.9. The van der Waals surface area contributed by atoms with Gasteiger partial charge in [0.25, 0.3) is 0 Å². The summed E-state index contributed by atoms with van der Waals surface area (Å²) in [6.45, 7) is 1.88. The zero-order valence-electron chi connectivity index (χ0n) is 12.6. The molecule has 0 spiro atoms. The fraction of sp³-hybridized carbons (Fsp3) is 0.316. The van der Waals surface area contributed by atoms with E-state index in [0.29, 0.717) is 6.42 Å². The summed E-state index contributed by atoms with van der Waals surface area (Å²) in [7, 11) is 0. The molecule has 0 aromatic heterocycles. The van der Waals surface area contributed by atoms with E-state index in [0.717, 1.165) is 17.5 Å². The molecule has 3 rings (SSSR count). The number of hydrogen-bond donors (Lipinski definition) is 1. The van der Waals surface area contributed by atoms with Crippen molar-refractivity contribution in [1.29, 1.82) is 0 Å². The number of ketones is 1. The van der Waals surface area contributed by atoms with Crippen LogP contribution in [0.25, 0.3) is 0 Å². The Morgan fingerprint density at radius 1 is 1.23 bits per heavy atom. The molecular weight excluding hydrogens is 277 g/mol. The number of rotatable bonds is 4. The van der Waals surface area contributed by atoms with E-state index in [1.807, 2.05) is 25.1 Å². The third-order valence-electron chi connectivity index (χ3n) is 4.72. The Kier molecular flexibility index (Phi) is 4.08. The standard InChI is InChI=1S/C19H20FNO/c1-12(13-6-8-16(20)9-7-13)18(22)11-15-10-14-4-2-3-5-17(14)19(15)21/h2-9,12,15,19H,10-11,21H2,1H3/t12-,15+,19+/m0/s1. The number of benzene rings is 2. The van der Waals surface area contributed by atoms with Gasteiger partial charge < -0.3 is 5.73 Å². The molecule has 0 saturated carbocycles. The normalized spacial score (nSPS) is 21.4.